The van der Waals surface area contributed by atoms with Crippen molar-refractivity contribution in [3.8, 4) is 0 Å². The Bertz CT molecular complexity index is 631. The monoisotopic (exact) mass is 275 g/mol. The van der Waals surface area contributed by atoms with Gasteiger partial charge in [0.2, 0.25) is 0 Å². The van der Waals surface area contributed by atoms with Crippen molar-refractivity contribution >= 4 is 17.4 Å². The first-order valence-electron chi connectivity index (χ1n) is 6.63. The highest BCUT2D eigenvalue weighted by molar-refractivity contribution is 5.69. The Balaban J connectivity index is 1.79. The van der Waals surface area contributed by atoms with Crippen molar-refractivity contribution in [2.24, 2.45) is 0 Å². The number of nitrogens with zero attached hydrogens (tertiary/aromatic N) is 5. The molecule has 2 aromatic heterocycles. The molecule has 0 radical (unpaired) electrons. The van der Waals surface area contributed by atoms with Gasteiger partial charge < -0.3 is 10.0 Å². The summed E-state index contributed by atoms with van der Waals surface area (Å²) in [6.07, 6.45) is 1.55. The van der Waals surface area contributed by atoms with E-state index in [1.807, 2.05) is 22.4 Å². The number of pyridine rings is 1. The molecule has 7 nitrogen and oxygen atoms in total. The third-order valence-corrected chi connectivity index (χ3v) is 3.56. The van der Waals surface area contributed by atoms with Gasteiger partial charge >= 0.3 is 5.97 Å². The van der Waals surface area contributed by atoms with Crippen LogP contribution in [0.1, 0.15) is 5.56 Å². The van der Waals surface area contributed by atoms with Crippen LogP contribution in [0.5, 0.6) is 0 Å². The van der Waals surface area contributed by atoms with E-state index < -0.39 is 5.97 Å². The van der Waals surface area contributed by atoms with Crippen LogP contribution in [-0.4, -0.2) is 63.3 Å². The lowest BCUT2D eigenvalue weighted by Gasteiger charge is -2.35. The summed E-state index contributed by atoms with van der Waals surface area (Å²) in [6.45, 7) is 5.24. The maximum atomic E-state index is 10.7. The number of fused-ring (bicyclic) bond motifs is 1. The van der Waals surface area contributed by atoms with Gasteiger partial charge in [-0.05, 0) is 24.6 Å². The van der Waals surface area contributed by atoms with Gasteiger partial charge in [-0.2, -0.15) is 9.61 Å². The molecule has 3 heterocycles. The summed E-state index contributed by atoms with van der Waals surface area (Å²) in [6, 6.07) is 4.09. The Morgan fingerprint density at radius 3 is 2.75 bits per heavy atom. The van der Waals surface area contributed by atoms with Crippen LogP contribution < -0.4 is 4.90 Å². The van der Waals surface area contributed by atoms with Crippen molar-refractivity contribution in [2.75, 3.05) is 37.6 Å². The van der Waals surface area contributed by atoms with Crippen molar-refractivity contribution in [3.05, 3.63) is 24.0 Å². The van der Waals surface area contributed by atoms with E-state index in [1.165, 1.54) is 0 Å². The molecular formula is C13H17N5O2. The number of carboxylic acids is 1. The molecule has 2 aromatic rings. The number of carbonyl (C=O) groups is 1. The third kappa shape index (κ3) is 2.44. The van der Waals surface area contributed by atoms with Gasteiger partial charge in [0.25, 0.3) is 0 Å². The molecule has 3 rings (SSSR count). The molecule has 20 heavy (non-hydrogen) atoms. The molecule has 0 aromatic carbocycles. The minimum atomic E-state index is -0.771. The second-order valence-electron chi connectivity index (χ2n) is 5.08. The lowest BCUT2D eigenvalue weighted by molar-refractivity contribution is -0.138. The molecule has 0 amide bonds. The van der Waals surface area contributed by atoms with Gasteiger partial charge in [-0.15, -0.1) is 0 Å². The minimum Gasteiger partial charge on any atom is -0.480 e. The molecule has 1 aliphatic heterocycles. The molecular weight excluding hydrogens is 258 g/mol. The Kier molecular flexibility index (Phi) is 3.27. The van der Waals surface area contributed by atoms with E-state index in [9.17, 15) is 4.79 Å². The molecule has 0 bridgehead atoms. The molecule has 1 N–H and O–H groups in total. The molecule has 0 atom stereocenters. The Morgan fingerprint density at radius 2 is 2.05 bits per heavy atom. The second kappa shape index (κ2) is 5.09. The van der Waals surface area contributed by atoms with Crippen LogP contribution in [0.15, 0.2) is 18.5 Å². The summed E-state index contributed by atoms with van der Waals surface area (Å²) >= 11 is 0. The third-order valence-electron chi connectivity index (χ3n) is 3.56. The summed E-state index contributed by atoms with van der Waals surface area (Å²) in [5, 5.41) is 13.1. The lowest BCUT2D eigenvalue weighted by Crippen LogP contribution is -2.48. The minimum absolute atomic E-state index is 0.112. The summed E-state index contributed by atoms with van der Waals surface area (Å²) in [7, 11) is 0. The van der Waals surface area contributed by atoms with Crippen LogP contribution in [-0.2, 0) is 4.79 Å². The SMILES string of the molecule is Cc1cc(N2CCN(CC(=O)O)CC2)n2ncnc2c1. The topological polar surface area (TPSA) is 74.0 Å². The molecule has 1 aliphatic rings. The Hall–Kier alpha value is -2.15. The van der Waals surface area contributed by atoms with Crippen molar-refractivity contribution in [1.29, 1.82) is 0 Å². The van der Waals surface area contributed by atoms with Crippen molar-refractivity contribution in [3.63, 3.8) is 0 Å². The predicted octanol–water partition coefficient (Wildman–Crippen LogP) is 0.244. The molecule has 0 unspecified atom stereocenters. The summed E-state index contributed by atoms with van der Waals surface area (Å²) in [5.74, 6) is 0.250. The van der Waals surface area contributed by atoms with E-state index in [1.54, 1.807) is 6.33 Å². The van der Waals surface area contributed by atoms with Gasteiger partial charge in [-0.3, -0.25) is 9.69 Å². The zero-order valence-corrected chi connectivity index (χ0v) is 11.4. The van der Waals surface area contributed by atoms with E-state index in [2.05, 4.69) is 21.0 Å². The second-order valence-corrected chi connectivity index (χ2v) is 5.08. The van der Waals surface area contributed by atoms with Gasteiger partial charge in [-0.1, -0.05) is 0 Å². The molecule has 7 heteroatoms. The molecule has 0 saturated carbocycles. The molecule has 0 spiro atoms. The maximum absolute atomic E-state index is 10.7. The number of aliphatic carboxylic acids is 1. The van der Waals surface area contributed by atoms with E-state index in [0.717, 1.165) is 43.2 Å². The first-order valence-corrected chi connectivity index (χ1v) is 6.63. The predicted molar refractivity (Wildman–Crippen MR) is 74.0 cm³/mol. The first kappa shape index (κ1) is 12.9. The lowest BCUT2D eigenvalue weighted by atomic mass is 10.2. The fraction of sp³-hybridized carbons (Fsp3) is 0.462. The van der Waals surface area contributed by atoms with Crippen LogP contribution in [0.3, 0.4) is 0 Å². The van der Waals surface area contributed by atoms with E-state index in [-0.39, 0.29) is 6.54 Å². The van der Waals surface area contributed by atoms with Gasteiger partial charge in [-0.25, -0.2) is 4.98 Å². The highest BCUT2D eigenvalue weighted by Crippen LogP contribution is 2.19. The standard InChI is InChI=1S/C13H17N5O2/c1-10-6-11-14-9-15-18(11)12(7-10)17-4-2-16(3-5-17)8-13(19)20/h6-7,9H,2-5,8H2,1H3,(H,19,20). The summed E-state index contributed by atoms with van der Waals surface area (Å²) < 4.78 is 1.83. The van der Waals surface area contributed by atoms with Crippen molar-refractivity contribution in [2.45, 2.75) is 6.92 Å². The van der Waals surface area contributed by atoms with Gasteiger partial charge in [0, 0.05) is 26.2 Å². The Morgan fingerprint density at radius 1 is 1.30 bits per heavy atom. The van der Waals surface area contributed by atoms with E-state index in [4.69, 9.17) is 5.11 Å². The number of piperazine rings is 1. The zero-order valence-electron chi connectivity index (χ0n) is 11.4. The average molecular weight is 275 g/mol. The van der Waals surface area contributed by atoms with Crippen LogP contribution >= 0.6 is 0 Å². The average Bonchev–Trinajstić information content (AvgIpc) is 2.86. The summed E-state index contributed by atoms with van der Waals surface area (Å²) in [5.41, 5.74) is 1.99. The number of rotatable bonds is 3. The fourth-order valence-electron chi connectivity index (χ4n) is 2.59. The summed E-state index contributed by atoms with van der Waals surface area (Å²) in [4.78, 5) is 19.1. The van der Waals surface area contributed by atoms with Crippen LogP contribution in [0.2, 0.25) is 0 Å². The number of aryl methyl sites for hydroxylation is 1. The van der Waals surface area contributed by atoms with E-state index in [0.29, 0.717) is 0 Å². The Labute approximate surface area is 116 Å². The van der Waals surface area contributed by atoms with Crippen molar-refractivity contribution in [1.82, 2.24) is 19.5 Å². The number of carboxylic acid groups (broad SMARTS) is 1. The number of aromatic nitrogens is 3. The largest absolute Gasteiger partial charge is 0.480 e. The molecule has 106 valence electrons. The fourth-order valence-corrected chi connectivity index (χ4v) is 2.59. The van der Waals surface area contributed by atoms with Crippen molar-refractivity contribution < 1.29 is 9.90 Å². The van der Waals surface area contributed by atoms with Gasteiger partial charge in [0.1, 0.15) is 12.1 Å². The highest BCUT2D eigenvalue weighted by atomic mass is 16.4. The maximum Gasteiger partial charge on any atom is 0.317 e. The van der Waals surface area contributed by atoms with E-state index >= 15 is 0 Å². The number of hydrogen-bond donors (Lipinski definition) is 1. The van der Waals surface area contributed by atoms with Crippen LogP contribution in [0, 0.1) is 6.92 Å². The smallest absolute Gasteiger partial charge is 0.317 e. The van der Waals surface area contributed by atoms with Crippen LogP contribution in [0.4, 0.5) is 5.82 Å². The first-order chi connectivity index (χ1) is 9.63. The van der Waals surface area contributed by atoms with Crippen LogP contribution in [0.25, 0.3) is 5.65 Å². The zero-order chi connectivity index (χ0) is 14.1. The molecule has 1 fully saturated rings. The molecule has 1 saturated heterocycles. The number of anilines is 1. The normalized spacial score (nSPS) is 16.8. The number of hydrogen-bond acceptors (Lipinski definition) is 5. The quantitative estimate of drug-likeness (QED) is 0.865. The van der Waals surface area contributed by atoms with Gasteiger partial charge in [0.05, 0.1) is 6.54 Å². The molecule has 0 aliphatic carbocycles. The van der Waals surface area contributed by atoms with Gasteiger partial charge in [0.15, 0.2) is 5.65 Å². The highest BCUT2D eigenvalue weighted by Gasteiger charge is 2.21.